The predicted octanol–water partition coefficient (Wildman–Crippen LogP) is 3.03. The maximum Gasteiger partial charge on any atom is 0.275 e. The van der Waals surface area contributed by atoms with E-state index < -0.39 is 10.7 Å². The van der Waals surface area contributed by atoms with Gasteiger partial charge in [0, 0.05) is 16.7 Å². The zero-order chi connectivity index (χ0) is 13.3. The second-order valence-corrected chi connectivity index (χ2v) is 3.99. The lowest BCUT2D eigenvalue weighted by Crippen LogP contribution is -1.97. The van der Waals surface area contributed by atoms with Crippen LogP contribution in [-0.4, -0.2) is 9.91 Å². The highest BCUT2D eigenvalue weighted by atomic mass is 35.5. The van der Waals surface area contributed by atoms with Gasteiger partial charge in [-0.2, -0.15) is 0 Å². The first-order valence-corrected chi connectivity index (χ1v) is 5.22. The molecule has 0 aliphatic rings. The van der Waals surface area contributed by atoms with E-state index in [1.807, 2.05) is 0 Å². The molecule has 0 bridgehead atoms. The van der Waals surface area contributed by atoms with Crippen LogP contribution in [0, 0.1) is 15.9 Å². The first-order valence-electron chi connectivity index (χ1n) is 4.84. The van der Waals surface area contributed by atoms with E-state index in [2.05, 4.69) is 4.98 Å². The zero-order valence-corrected chi connectivity index (χ0v) is 9.69. The molecule has 5 nitrogen and oxygen atoms in total. The average Bonchev–Trinajstić information content (AvgIpc) is 2.26. The van der Waals surface area contributed by atoms with Gasteiger partial charge in [-0.15, -0.1) is 0 Å². The highest BCUT2D eigenvalue weighted by Crippen LogP contribution is 2.27. The Morgan fingerprint density at radius 1 is 1.28 bits per heavy atom. The van der Waals surface area contributed by atoms with Gasteiger partial charge in [0.25, 0.3) is 5.69 Å². The number of rotatable bonds is 2. The summed E-state index contributed by atoms with van der Waals surface area (Å²) in [7, 11) is 0. The molecular formula is C11H7ClFN3O2. The van der Waals surface area contributed by atoms with Crippen molar-refractivity contribution < 1.29 is 9.31 Å². The molecule has 7 heteroatoms. The number of nitrogens with zero attached hydrogens (tertiary/aromatic N) is 2. The van der Waals surface area contributed by atoms with Crippen LogP contribution in [0.25, 0.3) is 11.3 Å². The van der Waals surface area contributed by atoms with Crippen molar-refractivity contribution in [3.05, 3.63) is 51.3 Å². The summed E-state index contributed by atoms with van der Waals surface area (Å²) < 4.78 is 13.2. The maximum atomic E-state index is 13.2. The van der Waals surface area contributed by atoms with E-state index in [1.165, 1.54) is 18.2 Å². The van der Waals surface area contributed by atoms with E-state index in [1.54, 1.807) is 0 Å². The highest BCUT2D eigenvalue weighted by molar-refractivity contribution is 6.30. The van der Waals surface area contributed by atoms with Crippen LogP contribution < -0.4 is 5.73 Å². The van der Waals surface area contributed by atoms with Crippen molar-refractivity contribution in [2.45, 2.75) is 0 Å². The summed E-state index contributed by atoms with van der Waals surface area (Å²) >= 11 is 5.71. The molecule has 0 amide bonds. The van der Waals surface area contributed by atoms with Gasteiger partial charge < -0.3 is 5.73 Å². The third-order valence-electron chi connectivity index (χ3n) is 2.20. The number of halogens is 2. The van der Waals surface area contributed by atoms with Crippen molar-refractivity contribution in [2.75, 3.05) is 5.73 Å². The van der Waals surface area contributed by atoms with Crippen molar-refractivity contribution in [2.24, 2.45) is 0 Å². The van der Waals surface area contributed by atoms with Crippen LogP contribution >= 0.6 is 11.6 Å². The molecule has 2 aromatic rings. The molecule has 18 heavy (non-hydrogen) atoms. The van der Waals surface area contributed by atoms with Crippen molar-refractivity contribution in [1.82, 2.24) is 4.98 Å². The molecule has 1 aromatic heterocycles. The smallest absolute Gasteiger partial charge is 0.275 e. The van der Waals surface area contributed by atoms with Crippen LogP contribution in [-0.2, 0) is 0 Å². The van der Waals surface area contributed by atoms with Crippen molar-refractivity contribution in [1.29, 1.82) is 0 Å². The van der Waals surface area contributed by atoms with Gasteiger partial charge in [0.05, 0.1) is 16.7 Å². The number of nitrogen functional groups attached to an aromatic ring is 1. The lowest BCUT2D eigenvalue weighted by molar-refractivity contribution is -0.384. The Morgan fingerprint density at radius 2 is 2.00 bits per heavy atom. The largest absolute Gasteiger partial charge is 0.383 e. The molecule has 0 aliphatic heterocycles. The van der Waals surface area contributed by atoms with E-state index in [0.717, 1.165) is 12.1 Å². The van der Waals surface area contributed by atoms with Crippen LogP contribution in [0.5, 0.6) is 0 Å². The van der Waals surface area contributed by atoms with E-state index in [0.29, 0.717) is 5.56 Å². The molecule has 1 heterocycles. The zero-order valence-electron chi connectivity index (χ0n) is 8.93. The Labute approximate surface area is 106 Å². The maximum absolute atomic E-state index is 13.2. The van der Waals surface area contributed by atoms with Crippen molar-refractivity contribution >= 4 is 23.1 Å². The minimum absolute atomic E-state index is 0.0143. The molecule has 0 aliphatic carbocycles. The summed E-state index contributed by atoms with van der Waals surface area (Å²) in [4.78, 5) is 14.0. The Hall–Kier alpha value is -2.21. The lowest BCUT2D eigenvalue weighted by atomic mass is 10.1. The van der Waals surface area contributed by atoms with Crippen molar-refractivity contribution in [3.63, 3.8) is 0 Å². The number of anilines is 1. The molecule has 1 aromatic carbocycles. The summed E-state index contributed by atoms with van der Waals surface area (Å²) in [5.41, 5.74) is 5.78. The van der Waals surface area contributed by atoms with Crippen LogP contribution in [0.3, 0.4) is 0 Å². The van der Waals surface area contributed by atoms with Gasteiger partial charge in [0.1, 0.15) is 11.6 Å². The van der Waals surface area contributed by atoms with Gasteiger partial charge in [-0.3, -0.25) is 10.1 Å². The number of pyridine rings is 1. The van der Waals surface area contributed by atoms with E-state index in [9.17, 15) is 14.5 Å². The third kappa shape index (κ3) is 2.54. The van der Waals surface area contributed by atoms with Gasteiger partial charge in [0.2, 0.25) is 0 Å². The molecule has 2 N–H and O–H groups in total. The Morgan fingerprint density at radius 3 is 2.61 bits per heavy atom. The van der Waals surface area contributed by atoms with Crippen LogP contribution in [0.4, 0.5) is 15.9 Å². The minimum Gasteiger partial charge on any atom is -0.383 e. The van der Waals surface area contributed by atoms with Gasteiger partial charge in [-0.25, -0.2) is 9.37 Å². The van der Waals surface area contributed by atoms with E-state index >= 15 is 0 Å². The molecular weight excluding hydrogens is 261 g/mol. The van der Waals surface area contributed by atoms with E-state index in [4.69, 9.17) is 17.3 Å². The topological polar surface area (TPSA) is 82.0 Å². The molecule has 0 unspecified atom stereocenters. The van der Waals surface area contributed by atoms with Gasteiger partial charge in [-0.05, 0) is 18.2 Å². The number of nitrogens with two attached hydrogens (primary N) is 1. The van der Waals surface area contributed by atoms with Gasteiger partial charge in [-0.1, -0.05) is 11.6 Å². The van der Waals surface area contributed by atoms with Gasteiger partial charge in [0.15, 0.2) is 0 Å². The average molecular weight is 268 g/mol. The third-order valence-corrected chi connectivity index (χ3v) is 2.42. The quantitative estimate of drug-likeness (QED) is 0.670. The summed E-state index contributed by atoms with van der Waals surface area (Å²) in [6, 6.07) is 6.10. The fourth-order valence-electron chi connectivity index (χ4n) is 1.49. The first-order chi connectivity index (χ1) is 8.45. The fraction of sp³-hybridized carbons (Fsp3) is 0. The monoisotopic (exact) mass is 267 g/mol. The van der Waals surface area contributed by atoms with Crippen LogP contribution in [0.2, 0.25) is 5.02 Å². The summed E-state index contributed by atoms with van der Waals surface area (Å²) in [6.45, 7) is 0. The Bertz CT molecular complexity index is 613. The molecule has 92 valence electrons. The Kier molecular flexibility index (Phi) is 3.12. The minimum atomic E-state index is -0.595. The number of hydrogen-bond donors (Lipinski definition) is 1. The number of hydrogen-bond acceptors (Lipinski definition) is 4. The SMILES string of the molecule is Nc1cc([N+](=O)[O-])cc(-c2cc(F)cc(Cl)c2)n1. The standard InChI is InChI=1S/C11H7ClFN3O2/c12-7-1-6(2-8(13)3-7)10-4-9(16(17)18)5-11(14)15-10/h1-5H,(H2,14,15). The van der Waals surface area contributed by atoms with Crippen molar-refractivity contribution in [3.8, 4) is 11.3 Å². The molecule has 0 fully saturated rings. The van der Waals surface area contributed by atoms with Crippen LogP contribution in [0.15, 0.2) is 30.3 Å². The summed E-state index contributed by atoms with van der Waals surface area (Å²) in [5.74, 6) is -0.566. The second-order valence-electron chi connectivity index (χ2n) is 3.55. The first kappa shape index (κ1) is 12.3. The summed E-state index contributed by atoms with van der Waals surface area (Å²) in [6.07, 6.45) is 0. The second kappa shape index (κ2) is 4.58. The highest BCUT2D eigenvalue weighted by Gasteiger charge is 2.12. The Balaban J connectivity index is 2.59. The lowest BCUT2D eigenvalue weighted by Gasteiger charge is -2.03. The molecule has 0 saturated heterocycles. The molecule has 0 atom stereocenters. The molecule has 0 spiro atoms. The number of aromatic nitrogens is 1. The molecule has 0 saturated carbocycles. The normalized spacial score (nSPS) is 10.3. The number of benzene rings is 1. The fourth-order valence-corrected chi connectivity index (χ4v) is 1.71. The molecule has 0 radical (unpaired) electrons. The van der Waals surface area contributed by atoms with Gasteiger partial charge >= 0.3 is 0 Å². The molecule has 2 rings (SSSR count). The van der Waals surface area contributed by atoms with Crippen LogP contribution in [0.1, 0.15) is 0 Å². The summed E-state index contributed by atoms with van der Waals surface area (Å²) in [5, 5.41) is 10.9. The van der Waals surface area contributed by atoms with E-state index in [-0.39, 0.29) is 22.2 Å². The number of nitro groups is 1. The predicted molar refractivity (Wildman–Crippen MR) is 65.7 cm³/mol.